The van der Waals surface area contributed by atoms with Crippen LogP contribution < -0.4 is 5.32 Å². The monoisotopic (exact) mass is 294 g/mol. The molecule has 21 heavy (non-hydrogen) atoms. The molecule has 0 radical (unpaired) electrons. The van der Waals surface area contributed by atoms with Gasteiger partial charge in [0.1, 0.15) is 0 Å². The highest BCUT2D eigenvalue weighted by atomic mass is 15.1. The van der Waals surface area contributed by atoms with Crippen LogP contribution in [0, 0.1) is 16.7 Å². The van der Waals surface area contributed by atoms with Crippen molar-refractivity contribution in [3.05, 3.63) is 0 Å². The molecule has 0 atom stereocenters. The summed E-state index contributed by atoms with van der Waals surface area (Å²) < 4.78 is 0. The van der Waals surface area contributed by atoms with Crippen molar-refractivity contribution < 1.29 is 0 Å². The first kappa shape index (κ1) is 17.3. The van der Waals surface area contributed by atoms with Gasteiger partial charge < -0.3 is 10.2 Å². The van der Waals surface area contributed by atoms with Crippen molar-refractivity contribution in [3.8, 4) is 0 Å². The Labute approximate surface area is 133 Å². The van der Waals surface area contributed by atoms with Crippen molar-refractivity contribution in [3.63, 3.8) is 0 Å². The average Bonchev–Trinajstić information content (AvgIpc) is 2.52. The molecule has 2 nitrogen and oxygen atoms in total. The van der Waals surface area contributed by atoms with Gasteiger partial charge in [0.05, 0.1) is 0 Å². The molecule has 1 aliphatic heterocycles. The Morgan fingerprint density at radius 1 is 0.952 bits per heavy atom. The molecule has 2 rings (SSSR count). The normalized spacial score (nSPS) is 34.0. The number of hydrogen-bond acceptors (Lipinski definition) is 2. The molecule has 1 aliphatic carbocycles. The second-order valence-corrected chi connectivity index (χ2v) is 8.20. The molecule has 1 saturated carbocycles. The second kappa shape index (κ2) is 7.46. The van der Waals surface area contributed by atoms with Crippen molar-refractivity contribution >= 4 is 0 Å². The standard InChI is InChI=1S/C19H38N2/c1-5-18(6-2)11-13-21(14-12-18)16-19(15-20-4)9-7-17(3)8-10-19/h17,20H,5-16H2,1-4H3. The highest BCUT2D eigenvalue weighted by Crippen LogP contribution is 2.42. The molecule has 1 N–H and O–H groups in total. The van der Waals surface area contributed by atoms with E-state index in [0.717, 1.165) is 5.92 Å². The number of nitrogens with one attached hydrogen (secondary N) is 1. The molecule has 2 aliphatic rings. The van der Waals surface area contributed by atoms with Crippen molar-refractivity contribution in [1.29, 1.82) is 0 Å². The molecule has 0 bridgehead atoms. The molecule has 1 heterocycles. The number of hydrogen-bond donors (Lipinski definition) is 1. The molecule has 2 fully saturated rings. The van der Waals surface area contributed by atoms with Gasteiger partial charge in [-0.2, -0.15) is 0 Å². The van der Waals surface area contributed by atoms with E-state index in [-0.39, 0.29) is 0 Å². The van der Waals surface area contributed by atoms with Gasteiger partial charge in [0.2, 0.25) is 0 Å². The third-order valence-corrected chi connectivity index (χ3v) is 6.86. The SMILES string of the molecule is CCC1(CC)CCN(CC2(CNC)CCC(C)CC2)CC1. The van der Waals surface area contributed by atoms with E-state index in [1.807, 2.05) is 0 Å². The van der Waals surface area contributed by atoms with Gasteiger partial charge in [0.25, 0.3) is 0 Å². The van der Waals surface area contributed by atoms with Crippen LogP contribution in [0.25, 0.3) is 0 Å². The van der Waals surface area contributed by atoms with E-state index in [0.29, 0.717) is 10.8 Å². The van der Waals surface area contributed by atoms with Crippen LogP contribution in [-0.4, -0.2) is 38.1 Å². The lowest BCUT2D eigenvalue weighted by molar-refractivity contribution is 0.0382. The minimum absolute atomic E-state index is 0.555. The van der Waals surface area contributed by atoms with Crippen molar-refractivity contribution in [2.24, 2.45) is 16.7 Å². The largest absolute Gasteiger partial charge is 0.319 e. The van der Waals surface area contributed by atoms with Gasteiger partial charge in [0, 0.05) is 13.1 Å². The Balaban J connectivity index is 1.90. The van der Waals surface area contributed by atoms with Crippen LogP contribution in [-0.2, 0) is 0 Å². The van der Waals surface area contributed by atoms with E-state index in [1.165, 1.54) is 77.5 Å². The minimum atomic E-state index is 0.555. The molecule has 0 aromatic rings. The molecule has 1 saturated heterocycles. The van der Waals surface area contributed by atoms with E-state index in [1.54, 1.807) is 0 Å². The first-order chi connectivity index (χ1) is 10.1. The molecular weight excluding hydrogens is 256 g/mol. The molecule has 2 heteroatoms. The topological polar surface area (TPSA) is 15.3 Å². The maximum Gasteiger partial charge on any atom is 0.00501 e. The molecular formula is C19H38N2. The summed E-state index contributed by atoms with van der Waals surface area (Å²) in [6, 6.07) is 0. The van der Waals surface area contributed by atoms with Crippen LogP contribution in [0.5, 0.6) is 0 Å². The molecule has 0 aromatic heterocycles. The molecule has 0 spiro atoms. The smallest absolute Gasteiger partial charge is 0.00501 e. The molecule has 0 amide bonds. The third kappa shape index (κ3) is 4.22. The lowest BCUT2D eigenvalue weighted by Crippen LogP contribution is -2.49. The first-order valence-electron chi connectivity index (χ1n) is 9.44. The lowest BCUT2D eigenvalue weighted by Gasteiger charge is -2.47. The summed E-state index contributed by atoms with van der Waals surface area (Å²) >= 11 is 0. The van der Waals surface area contributed by atoms with Crippen molar-refractivity contribution in [2.45, 2.75) is 72.1 Å². The van der Waals surface area contributed by atoms with Crippen molar-refractivity contribution in [2.75, 3.05) is 33.2 Å². The molecule has 0 aromatic carbocycles. The van der Waals surface area contributed by atoms with Gasteiger partial charge in [-0.15, -0.1) is 0 Å². The van der Waals surface area contributed by atoms with E-state index < -0.39 is 0 Å². The average molecular weight is 295 g/mol. The Kier molecular flexibility index (Phi) is 6.14. The van der Waals surface area contributed by atoms with Crippen LogP contribution in [0.3, 0.4) is 0 Å². The summed E-state index contributed by atoms with van der Waals surface area (Å²) in [6.07, 6.45) is 11.3. The quantitative estimate of drug-likeness (QED) is 0.785. The highest BCUT2D eigenvalue weighted by Gasteiger charge is 2.38. The number of nitrogens with zero attached hydrogens (tertiary/aromatic N) is 1. The fourth-order valence-electron chi connectivity index (χ4n) is 4.76. The van der Waals surface area contributed by atoms with Crippen molar-refractivity contribution in [1.82, 2.24) is 10.2 Å². The second-order valence-electron chi connectivity index (χ2n) is 8.20. The Morgan fingerprint density at radius 2 is 1.52 bits per heavy atom. The summed E-state index contributed by atoms with van der Waals surface area (Å²) in [6.45, 7) is 12.4. The summed E-state index contributed by atoms with van der Waals surface area (Å²) in [4.78, 5) is 2.79. The van der Waals surface area contributed by atoms with E-state index in [4.69, 9.17) is 0 Å². The van der Waals surface area contributed by atoms with Gasteiger partial charge in [-0.25, -0.2) is 0 Å². The maximum atomic E-state index is 3.49. The maximum absolute atomic E-state index is 3.49. The zero-order valence-corrected chi connectivity index (χ0v) is 15.0. The van der Waals surface area contributed by atoms with Gasteiger partial charge in [0.15, 0.2) is 0 Å². The summed E-state index contributed by atoms with van der Waals surface area (Å²) in [5, 5.41) is 3.49. The third-order valence-electron chi connectivity index (χ3n) is 6.86. The van der Waals surface area contributed by atoms with E-state index >= 15 is 0 Å². The minimum Gasteiger partial charge on any atom is -0.319 e. The summed E-state index contributed by atoms with van der Waals surface area (Å²) in [5.74, 6) is 0.948. The first-order valence-corrected chi connectivity index (χ1v) is 9.44. The van der Waals surface area contributed by atoms with Gasteiger partial charge in [-0.05, 0) is 62.6 Å². The fraction of sp³-hybridized carbons (Fsp3) is 1.00. The highest BCUT2D eigenvalue weighted by molar-refractivity contribution is 4.92. The molecule has 0 unspecified atom stereocenters. The predicted octanol–water partition coefficient (Wildman–Crippen LogP) is 4.30. The van der Waals surface area contributed by atoms with Crippen LogP contribution in [0.2, 0.25) is 0 Å². The van der Waals surface area contributed by atoms with Crippen LogP contribution in [0.1, 0.15) is 72.1 Å². The van der Waals surface area contributed by atoms with Crippen LogP contribution in [0.4, 0.5) is 0 Å². The van der Waals surface area contributed by atoms with E-state index in [9.17, 15) is 0 Å². The Hall–Kier alpha value is -0.0800. The van der Waals surface area contributed by atoms with E-state index in [2.05, 4.69) is 38.0 Å². The number of rotatable bonds is 6. The van der Waals surface area contributed by atoms with Crippen LogP contribution in [0.15, 0.2) is 0 Å². The fourth-order valence-corrected chi connectivity index (χ4v) is 4.76. The molecule has 124 valence electrons. The number of piperidine rings is 1. The lowest BCUT2D eigenvalue weighted by atomic mass is 9.69. The van der Waals surface area contributed by atoms with Gasteiger partial charge in [-0.3, -0.25) is 0 Å². The van der Waals surface area contributed by atoms with Gasteiger partial charge >= 0.3 is 0 Å². The Morgan fingerprint density at radius 3 is 2.00 bits per heavy atom. The van der Waals surface area contributed by atoms with Crippen LogP contribution >= 0.6 is 0 Å². The van der Waals surface area contributed by atoms with Gasteiger partial charge in [-0.1, -0.05) is 46.5 Å². The zero-order valence-electron chi connectivity index (χ0n) is 15.0. The predicted molar refractivity (Wildman–Crippen MR) is 92.7 cm³/mol. The summed E-state index contributed by atoms with van der Waals surface area (Å²) in [5.41, 5.74) is 1.22. The zero-order chi connectivity index (χ0) is 15.3. The summed E-state index contributed by atoms with van der Waals surface area (Å²) in [7, 11) is 2.13. The Bertz CT molecular complexity index is 291. The number of likely N-dealkylation sites (tertiary alicyclic amines) is 1.